The molecule has 0 radical (unpaired) electrons. The second-order valence-electron chi connectivity index (χ2n) is 4.75. The van der Waals surface area contributed by atoms with Gasteiger partial charge in [0, 0.05) is 11.3 Å². The predicted molar refractivity (Wildman–Crippen MR) is 90.7 cm³/mol. The largest absolute Gasteiger partial charge is 0.358 e. The van der Waals surface area contributed by atoms with Crippen LogP contribution in [-0.4, -0.2) is 14.1 Å². The van der Waals surface area contributed by atoms with Gasteiger partial charge >= 0.3 is 10.1 Å². The Morgan fingerprint density at radius 3 is 2.30 bits per heavy atom. The van der Waals surface area contributed by atoms with Crippen LogP contribution in [0.2, 0.25) is 0 Å². The molecule has 0 fully saturated rings. The van der Waals surface area contributed by atoms with Crippen molar-refractivity contribution in [1.82, 2.24) is 0 Å². The van der Waals surface area contributed by atoms with Gasteiger partial charge in [-0.3, -0.25) is 4.28 Å². The molecular formula is C16H14N2O3S2. The Bertz CT molecular complexity index is 850. The van der Waals surface area contributed by atoms with Gasteiger partial charge in [-0.2, -0.15) is 26.3 Å². The van der Waals surface area contributed by atoms with Crippen LogP contribution in [-0.2, 0) is 20.2 Å². The van der Waals surface area contributed by atoms with Crippen molar-refractivity contribution in [3.05, 3.63) is 65.2 Å². The fourth-order valence-electron chi connectivity index (χ4n) is 1.74. The molecule has 0 spiro atoms. The van der Waals surface area contributed by atoms with E-state index >= 15 is 0 Å². The second kappa shape index (κ2) is 7.31. The quantitative estimate of drug-likeness (QED) is 0.513. The highest BCUT2D eigenvalue weighted by atomic mass is 32.2. The molecule has 23 heavy (non-hydrogen) atoms. The zero-order valence-electron chi connectivity index (χ0n) is 12.3. The highest BCUT2D eigenvalue weighted by molar-refractivity contribution is 7.86. The molecule has 5 nitrogen and oxygen atoms in total. The first-order valence-corrected chi connectivity index (χ1v) is 8.69. The summed E-state index contributed by atoms with van der Waals surface area (Å²) >= 11 is 4.15. The summed E-state index contributed by atoms with van der Waals surface area (Å²) in [5.74, 6) is 0.567. The monoisotopic (exact) mass is 346 g/mol. The SMILES string of the molecule is Cc1ccc(S(=O)(=O)O/N=C(\C#N)c2ccc(CS)cc2)cc1. The van der Waals surface area contributed by atoms with Crippen molar-refractivity contribution in [3.8, 4) is 6.07 Å². The first-order valence-electron chi connectivity index (χ1n) is 6.65. The molecule has 0 saturated carbocycles. The van der Waals surface area contributed by atoms with Crippen molar-refractivity contribution >= 4 is 28.5 Å². The lowest BCUT2D eigenvalue weighted by molar-refractivity contribution is 0.339. The van der Waals surface area contributed by atoms with Gasteiger partial charge in [0.05, 0.1) is 0 Å². The van der Waals surface area contributed by atoms with Gasteiger partial charge in [-0.05, 0) is 24.6 Å². The number of aryl methyl sites for hydroxylation is 1. The number of oxime groups is 1. The Balaban J connectivity index is 2.24. The number of benzene rings is 2. The van der Waals surface area contributed by atoms with Gasteiger partial charge in [-0.25, -0.2) is 0 Å². The van der Waals surface area contributed by atoms with E-state index < -0.39 is 10.1 Å². The summed E-state index contributed by atoms with van der Waals surface area (Å²) in [5.41, 5.74) is 2.25. The minimum absolute atomic E-state index is 0.0189. The highest BCUT2D eigenvalue weighted by Crippen LogP contribution is 2.14. The van der Waals surface area contributed by atoms with Crippen LogP contribution in [0, 0.1) is 18.3 Å². The van der Waals surface area contributed by atoms with Gasteiger partial charge in [-0.1, -0.05) is 47.1 Å². The van der Waals surface area contributed by atoms with E-state index in [1.165, 1.54) is 12.1 Å². The molecule has 0 aliphatic rings. The van der Waals surface area contributed by atoms with Crippen LogP contribution >= 0.6 is 12.6 Å². The Morgan fingerprint density at radius 1 is 1.17 bits per heavy atom. The molecule has 118 valence electrons. The van der Waals surface area contributed by atoms with Crippen LogP contribution < -0.4 is 0 Å². The summed E-state index contributed by atoms with van der Waals surface area (Å²) in [7, 11) is -4.05. The number of nitrogens with zero attached hydrogens (tertiary/aromatic N) is 2. The number of thiol groups is 1. The molecule has 0 saturated heterocycles. The molecule has 7 heteroatoms. The van der Waals surface area contributed by atoms with Crippen molar-refractivity contribution in [2.24, 2.45) is 5.16 Å². The average molecular weight is 346 g/mol. The average Bonchev–Trinajstić information content (AvgIpc) is 2.56. The lowest BCUT2D eigenvalue weighted by Gasteiger charge is -2.03. The van der Waals surface area contributed by atoms with E-state index in [9.17, 15) is 8.42 Å². The molecule has 2 aromatic carbocycles. The summed E-state index contributed by atoms with van der Waals surface area (Å²) in [5, 5.41) is 12.6. The van der Waals surface area contributed by atoms with Crippen molar-refractivity contribution in [2.45, 2.75) is 17.6 Å². The molecule has 0 heterocycles. The van der Waals surface area contributed by atoms with Crippen molar-refractivity contribution in [3.63, 3.8) is 0 Å². The Hall–Kier alpha value is -2.30. The van der Waals surface area contributed by atoms with E-state index in [1.807, 2.05) is 13.0 Å². The third-order valence-corrected chi connectivity index (χ3v) is 4.54. The van der Waals surface area contributed by atoms with Crippen molar-refractivity contribution in [2.75, 3.05) is 0 Å². The van der Waals surface area contributed by atoms with E-state index in [0.717, 1.165) is 11.1 Å². The Kier molecular flexibility index (Phi) is 5.42. The topological polar surface area (TPSA) is 79.5 Å². The normalized spacial score (nSPS) is 11.8. The molecule has 2 rings (SSSR count). The summed E-state index contributed by atoms with van der Waals surface area (Å²) in [6.45, 7) is 1.84. The molecule has 0 unspecified atom stereocenters. The molecule has 0 aromatic heterocycles. The van der Waals surface area contributed by atoms with Crippen LogP contribution in [0.5, 0.6) is 0 Å². The molecule has 0 aliphatic carbocycles. The second-order valence-corrected chi connectivity index (χ2v) is 6.59. The maximum atomic E-state index is 12.0. The summed E-state index contributed by atoms with van der Waals surface area (Å²) in [4.78, 5) is -0.0189. The standard InChI is InChI=1S/C16H14N2O3S2/c1-12-2-8-15(9-3-12)23(19,20)21-18-16(10-17)14-6-4-13(11-22)5-7-14/h2-9,22H,11H2,1H3/b18-16+. The number of nitriles is 1. The smallest absolute Gasteiger partial charge is 0.263 e. The zero-order valence-corrected chi connectivity index (χ0v) is 14.0. The maximum absolute atomic E-state index is 12.0. The molecule has 0 amide bonds. The first kappa shape index (κ1) is 17.1. The first-order chi connectivity index (χ1) is 11.0. The zero-order chi connectivity index (χ0) is 16.9. The molecular weight excluding hydrogens is 332 g/mol. The molecule has 0 aliphatic heterocycles. The fraction of sp³-hybridized carbons (Fsp3) is 0.125. The van der Waals surface area contributed by atoms with Gasteiger partial charge in [0.1, 0.15) is 11.0 Å². The number of hydrogen-bond acceptors (Lipinski definition) is 6. The third kappa shape index (κ3) is 4.34. The minimum atomic E-state index is -4.05. The van der Waals surface area contributed by atoms with Gasteiger partial charge < -0.3 is 0 Å². The van der Waals surface area contributed by atoms with Crippen molar-refractivity contribution in [1.29, 1.82) is 5.26 Å². The molecule has 2 aromatic rings. The van der Waals surface area contributed by atoms with Crippen LogP contribution in [0.4, 0.5) is 0 Å². The highest BCUT2D eigenvalue weighted by Gasteiger charge is 2.16. The fourth-order valence-corrected chi connectivity index (χ4v) is 2.68. The summed E-state index contributed by atoms with van der Waals surface area (Å²) in [6, 6.07) is 14.9. The number of rotatable bonds is 5. The number of hydrogen-bond donors (Lipinski definition) is 1. The van der Waals surface area contributed by atoms with Crippen molar-refractivity contribution < 1.29 is 12.7 Å². The maximum Gasteiger partial charge on any atom is 0.358 e. The van der Waals surface area contributed by atoms with E-state index in [1.54, 1.807) is 36.4 Å². The van der Waals surface area contributed by atoms with Crippen LogP contribution in [0.25, 0.3) is 0 Å². The van der Waals surface area contributed by atoms with Crippen LogP contribution in [0.3, 0.4) is 0 Å². The van der Waals surface area contributed by atoms with Gasteiger partial charge in [0.15, 0.2) is 5.71 Å². The minimum Gasteiger partial charge on any atom is -0.263 e. The van der Waals surface area contributed by atoms with Gasteiger partial charge in [0.2, 0.25) is 0 Å². The Labute approximate surface area is 140 Å². The van der Waals surface area contributed by atoms with Crippen LogP contribution in [0.15, 0.2) is 58.6 Å². The lowest BCUT2D eigenvalue weighted by atomic mass is 10.1. The van der Waals surface area contributed by atoms with Gasteiger partial charge in [0.25, 0.3) is 0 Å². The summed E-state index contributed by atoms with van der Waals surface area (Å²) in [6.07, 6.45) is 0. The van der Waals surface area contributed by atoms with Crippen LogP contribution in [0.1, 0.15) is 16.7 Å². The molecule has 0 N–H and O–H groups in total. The van der Waals surface area contributed by atoms with E-state index in [4.69, 9.17) is 5.26 Å². The predicted octanol–water partition coefficient (Wildman–Crippen LogP) is 3.06. The molecule has 0 atom stereocenters. The summed E-state index contributed by atoms with van der Waals surface area (Å²) < 4.78 is 28.7. The molecule has 0 bridgehead atoms. The Morgan fingerprint density at radius 2 is 1.78 bits per heavy atom. The van der Waals surface area contributed by atoms with E-state index in [2.05, 4.69) is 22.1 Å². The van der Waals surface area contributed by atoms with E-state index in [-0.39, 0.29) is 10.6 Å². The lowest BCUT2D eigenvalue weighted by Crippen LogP contribution is -2.06. The third-order valence-electron chi connectivity index (χ3n) is 3.05. The van der Waals surface area contributed by atoms with Gasteiger partial charge in [-0.15, -0.1) is 0 Å². The van der Waals surface area contributed by atoms with E-state index in [0.29, 0.717) is 11.3 Å².